The lowest BCUT2D eigenvalue weighted by Gasteiger charge is -2.16. The minimum atomic E-state index is 0.555. The highest BCUT2D eigenvalue weighted by atomic mass is 35.5. The number of hydrogen-bond acceptors (Lipinski definition) is 4. The Bertz CT molecular complexity index is 610. The van der Waals surface area contributed by atoms with Gasteiger partial charge in [0, 0.05) is 35.1 Å². The largest absolute Gasteiger partial charge is 0.394 e. The molecule has 0 saturated heterocycles. The molecule has 1 aromatic heterocycles. The van der Waals surface area contributed by atoms with E-state index >= 15 is 0 Å². The van der Waals surface area contributed by atoms with Gasteiger partial charge in [0.05, 0.1) is 0 Å². The van der Waals surface area contributed by atoms with Crippen molar-refractivity contribution in [1.29, 1.82) is 0 Å². The summed E-state index contributed by atoms with van der Waals surface area (Å²) in [6.45, 7) is 7.71. The van der Waals surface area contributed by atoms with E-state index in [1.807, 2.05) is 36.4 Å². The molecular formula is C18H22ClN3O. The molecule has 5 heteroatoms. The SMILES string of the molecule is CCN(CC)CCO/N=C(/c1ccc(Cl)cc1)c1cccnc1. The first kappa shape index (κ1) is 17.4. The lowest BCUT2D eigenvalue weighted by molar-refractivity contribution is 0.114. The number of aromatic nitrogens is 1. The van der Waals surface area contributed by atoms with E-state index in [1.165, 1.54) is 0 Å². The molecule has 23 heavy (non-hydrogen) atoms. The van der Waals surface area contributed by atoms with Crippen LogP contribution in [-0.4, -0.2) is 41.8 Å². The van der Waals surface area contributed by atoms with E-state index in [1.54, 1.807) is 12.4 Å². The summed E-state index contributed by atoms with van der Waals surface area (Å²) in [5.74, 6) is 0. The average molecular weight is 332 g/mol. The van der Waals surface area contributed by atoms with Crippen molar-refractivity contribution in [3.8, 4) is 0 Å². The normalized spacial score (nSPS) is 11.7. The lowest BCUT2D eigenvalue weighted by Crippen LogP contribution is -2.26. The molecule has 1 aromatic carbocycles. The van der Waals surface area contributed by atoms with Gasteiger partial charge in [-0.1, -0.05) is 42.7 Å². The van der Waals surface area contributed by atoms with Crippen molar-refractivity contribution in [3.05, 3.63) is 64.9 Å². The van der Waals surface area contributed by atoms with Crippen LogP contribution in [0.15, 0.2) is 53.9 Å². The van der Waals surface area contributed by atoms with Crippen molar-refractivity contribution < 1.29 is 4.84 Å². The van der Waals surface area contributed by atoms with E-state index in [9.17, 15) is 0 Å². The highest BCUT2D eigenvalue weighted by Crippen LogP contribution is 2.14. The summed E-state index contributed by atoms with van der Waals surface area (Å²) in [7, 11) is 0. The molecule has 0 fully saturated rings. The fourth-order valence-corrected chi connectivity index (χ4v) is 2.33. The molecule has 1 heterocycles. The van der Waals surface area contributed by atoms with Gasteiger partial charge in [-0.05, 0) is 37.4 Å². The Morgan fingerprint density at radius 1 is 1.13 bits per heavy atom. The van der Waals surface area contributed by atoms with E-state index in [4.69, 9.17) is 16.4 Å². The molecule has 0 radical (unpaired) electrons. The van der Waals surface area contributed by atoms with Crippen LogP contribution in [0, 0.1) is 0 Å². The molecule has 0 atom stereocenters. The zero-order chi connectivity index (χ0) is 16.5. The van der Waals surface area contributed by atoms with Crippen molar-refractivity contribution in [2.45, 2.75) is 13.8 Å². The summed E-state index contributed by atoms with van der Waals surface area (Å²) in [6, 6.07) is 11.4. The molecule has 0 bridgehead atoms. The third kappa shape index (κ3) is 5.34. The first-order chi connectivity index (χ1) is 11.2. The molecule has 0 spiro atoms. The van der Waals surface area contributed by atoms with Gasteiger partial charge in [0.1, 0.15) is 12.3 Å². The second-order valence-electron chi connectivity index (χ2n) is 5.05. The molecule has 2 aromatic rings. The average Bonchev–Trinajstić information content (AvgIpc) is 2.60. The number of benzene rings is 1. The van der Waals surface area contributed by atoms with Crippen LogP contribution in [0.1, 0.15) is 25.0 Å². The van der Waals surface area contributed by atoms with Gasteiger partial charge in [-0.25, -0.2) is 0 Å². The summed E-state index contributed by atoms with van der Waals surface area (Å²) >= 11 is 5.97. The molecule has 0 unspecified atom stereocenters. The quantitative estimate of drug-likeness (QED) is 0.419. The Labute approximate surface area is 142 Å². The fraction of sp³-hybridized carbons (Fsp3) is 0.333. The summed E-state index contributed by atoms with van der Waals surface area (Å²) in [5.41, 5.74) is 2.62. The minimum Gasteiger partial charge on any atom is -0.394 e. The van der Waals surface area contributed by atoms with Crippen molar-refractivity contribution in [2.75, 3.05) is 26.2 Å². The molecule has 0 amide bonds. The first-order valence-corrected chi connectivity index (χ1v) is 8.21. The van der Waals surface area contributed by atoms with Gasteiger partial charge in [-0.15, -0.1) is 0 Å². The van der Waals surface area contributed by atoms with Gasteiger partial charge in [0.2, 0.25) is 0 Å². The molecule has 0 N–H and O–H groups in total. The molecule has 0 aliphatic heterocycles. The van der Waals surface area contributed by atoms with Gasteiger partial charge in [-0.3, -0.25) is 4.98 Å². The Morgan fingerprint density at radius 3 is 2.48 bits per heavy atom. The van der Waals surface area contributed by atoms with E-state index in [-0.39, 0.29) is 0 Å². The van der Waals surface area contributed by atoms with Crippen molar-refractivity contribution in [3.63, 3.8) is 0 Å². The van der Waals surface area contributed by atoms with Crippen molar-refractivity contribution in [2.24, 2.45) is 5.16 Å². The summed E-state index contributed by atoms with van der Waals surface area (Å²) in [4.78, 5) is 12.0. The number of nitrogens with zero attached hydrogens (tertiary/aromatic N) is 3. The maximum absolute atomic E-state index is 5.97. The second-order valence-corrected chi connectivity index (χ2v) is 5.49. The van der Waals surface area contributed by atoms with Crippen LogP contribution >= 0.6 is 11.6 Å². The third-order valence-corrected chi connectivity index (χ3v) is 3.85. The Balaban J connectivity index is 2.14. The Hall–Kier alpha value is -1.91. The second kappa shape index (κ2) is 9.28. The van der Waals surface area contributed by atoms with E-state index in [0.717, 1.165) is 36.5 Å². The maximum Gasteiger partial charge on any atom is 0.129 e. The summed E-state index contributed by atoms with van der Waals surface area (Å²) in [6.07, 6.45) is 3.52. The Kier molecular flexibility index (Phi) is 7.04. The molecule has 122 valence electrons. The predicted molar refractivity (Wildman–Crippen MR) is 95.1 cm³/mol. The van der Waals surface area contributed by atoms with Gasteiger partial charge >= 0.3 is 0 Å². The van der Waals surface area contributed by atoms with Crippen LogP contribution in [-0.2, 0) is 4.84 Å². The minimum absolute atomic E-state index is 0.555. The Morgan fingerprint density at radius 2 is 1.87 bits per heavy atom. The van der Waals surface area contributed by atoms with Gasteiger partial charge in [0.15, 0.2) is 0 Å². The molecule has 0 aliphatic rings. The monoisotopic (exact) mass is 331 g/mol. The number of halogens is 1. The fourth-order valence-electron chi connectivity index (χ4n) is 2.20. The standard InChI is InChI=1S/C18H22ClN3O/c1-3-22(4-2)12-13-23-21-18(16-6-5-11-20-14-16)15-7-9-17(19)10-8-15/h5-11,14H,3-4,12-13H2,1-2H3/b21-18-. The highest BCUT2D eigenvalue weighted by Gasteiger charge is 2.08. The van der Waals surface area contributed by atoms with Crippen molar-refractivity contribution >= 4 is 17.3 Å². The zero-order valence-electron chi connectivity index (χ0n) is 13.6. The highest BCUT2D eigenvalue weighted by molar-refractivity contribution is 6.30. The smallest absolute Gasteiger partial charge is 0.129 e. The van der Waals surface area contributed by atoms with Crippen LogP contribution in [0.3, 0.4) is 0 Å². The molecular weight excluding hydrogens is 310 g/mol. The molecule has 4 nitrogen and oxygen atoms in total. The summed E-state index contributed by atoms with van der Waals surface area (Å²) < 4.78 is 0. The maximum atomic E-state index is 5.97. The van der Waals surface area contributed by atoms with Crippen LogP contribution in [0.25, 0.3) is 0 Å². The first-order valence-electron chi connectivity index (χ1n) is 7.83. The molecule has 0 saturated carbocycles. The van der Waals surface area contributed by atoms with Gasteiger partial charge in [0.25, 0.3) is 0 Å². The van der Waals surface area contributed by atoms with Crippen LogP contribution < -0.4 is 0 Å². The number of pyridine rings is 1. The lowest BCUT2D eigenvalue weighted by atomic mass is 10.0. The van der Waals surface area contributed by atoms with Gasteiger partial charge < -0.3 is 9.74 Å². The van der Waals surface area contributed by atoms with E-state index < -0.39 is 0 Å². The van der Waals surface area contributed by atoms with Crippen LogP contribution in [0.5, 0.6) is 0 Å². The van der Waals surface area contributed by atoms with Crippen LogP contribution in [0.4, 0.5) is 0 Å². The zero-order valence-corrected chi connectivity index (χ0v) is 14.3. The molecule has 2 rings (SSSR count). The predicted octanol–water partition coefficient (Wildman–Crippen LogP) is 3.85. The van der Waals surface area contributed by atoms with E-state index in [0.29, 0.717) is 11.6 Å². The number of hydrogen-bond donors (Lipinski definition) is 0. The number of likely N-dealkylation sites (N-methyl/N-ethyl adjacent to an activating group) is 1. The van der Waals surface area contributed by atoms with E-state index in [2.05, 4.69) is 28.9 Å². The number of rotatable bonds is 8. The molecule has 0 aliphatic carbocycles. The summed E-state index contributed by atoms with van der Waals surface area (Å²) in [5, 5.41) is 5.04. The topological polar surface area (TPSA) is 37.7 Å². The van der Waals surface area contributed by atoms with Gasteiger partial charge in [-0.2, -0.15) is 0 Å². The third-order valence-electron chi connectivity index (χ3n) is 3.60. The number of oxime groups is 1. The van der Waals surface area contributed by atoms with Crippen molar-refractivity contribution in [1.82, 2.24) is 9.88 Å². The van der Waals surface area contributed by atoms with Crippen LogP contribution in [0.2, 0.25) is 5.02 Å².